The van der Waals surface area contributed by atoms with Gasteiger partial charge in [0.25, 0.3) is 0 Å². The Kier molecular flexibility index (Phi) is 7.87. The molecule has 0 fully saturated rings. The minimum absolute atomic E-state index is 0.0730. The second-order valence-electron chi connectivity index (χ2n) is 11.1. The van der Waals surface area contributed by atoms with Gasteiger partial charge in [0.2, 0.25) is 0 Å². The number of phenols is 1. The van der Waals surface area contributed by atoms with Crippen LogP contribution in [0.5, 0.6) is 5.75 Å². The molecule has 1 aromatic heterocycles. The van der Waals surface area contributed by atoms with Gasteiger partial charge in [-0.1, -0.05) is 57.0 Å². The zero-order valence-corrected chi connectivity index (χ0v) is 23.6. The van der Waals surface area contributed by atoms with Gasteiger partial charge in [-0.3, -0.25) is 4.52 Å². The largest absolute Gasteiger partial charge is 0.507 e. The van der Waals surface area contributed by atoms with Gasteiger partial charge >= 0.3 is 8.24 Å². The van der Waals surface area contributed by atoms with Gasteiger partial charge in [-0.05, 0) is 92.8 Å². The number of phenolic OH excluding ortho intramolecular Hbond substituents is 1. The Morgan fingerprint density at radius 1 is 0.806 bits per heavy atom. The molecule has 4 rings (SSSR count). The van der Waals surface area contributed by atoms with Crippen LogP contribution in [0, 0.1) is 27.7 Å². The van der Waals surface area contributed by atoms with E-state index in [9.17, 15) is 5.11 Å². The second kappa shape index (κ2) is 10.7. The summed E-state index contributed by atoms with van der Waals surface area (Å²) in [6, 6.07) is 14.9. The van der Waals surface area contributed by atoms with Crippen LogP contribution in [0.3, 0.4) is 0 Å². The third-order valence-electron chi connectivity index (χ3n) is 6.66. The predicted octanol–water partition coefficient (Wildman–Crippen LogP) is 9.37. The van der Waals surface area contributed by atoms with Gasteiger partial charge < -0.3 is 13.5 Å². The molecule has 0 aliphatic heterocycles. The van der Waals surface area contributed by atoms with Crippen molar-refractivity contribution in [1.29, 1.82) is 0 Å². The van der Waals surface area contributed by atoms with Gasteiger partial charge in [0.05, 0.1) is 6.61 Å². The van der Waals surface area contributed by atoms with Crippen LogP contribution in [0.25, 0.3) is 21.9 Å². The first-order valence-corrected chi connectivity index (χ1v) is 14.0. The first-order valence-electron chi connectivity index (χ1n) is 12.9. The minimum Gasteiger partial charge on any atom is -0.507 e. The van der Waals surface area contributed by atoms with Gasteiger partial charge in [0, 0.05) is 16.3 Å². The Morgan fingerprint density at radius 3 is 2.19 bits per heavy atom. The Hall–Kier alpha value is -2.68. The van der Waals surface area contributed by atoms with E-state index in [0.29, 0.717) is 12.4 Å². The molecule has 3 aromatic carbocycles. The summed E-state index contributed by atoms with van der Waals surface area (Å²) in [4.78, 5) is 0. The maximum atomic E-state index is 9.99. The summed E-state index contributed by atoms with van der Waals surface area (Å²) in [5.74, 6) is 0.404. The molecule has 4 nitrogen and oxygen atoms in total. The Bertz CT molecular complexity index is 1400. The average Bonchev–Trinajstić information content (AvgIpc) is 2.95. The van der Waals surface area contributed by atoms with Crippen molar-refractivity contribution in [3.8, 4) is 5.75 Å². The molecule has 0 spiro atoms. The Labute approximate surface area is 215 Å². The van der Waals surface area contributed by atoms with E-state index in [2.05, 4.69) is 71.0 Å². The first kappa shape index (κ1) is 26.4. The number of fused-ring (bicyclic) bond motifs is 3. The van der Waals surface area contributed by atoms with Crippen LogP contribution in [-0.4, -0.2) is 11.7 Å². The highest BCUT2D eigenvalue weighted by Gasteiger charge is 2.21. The SMILES string of the molecule is Cc1ccc2op(OCCCCCc3cc(C)c(O)c(C)c3)oc3c(C(C)(C)C)cc(C)cc3c2c1. The summed E-state index contributed by atoms with van der Waals surface area (Å²) in [7, 11) is -1.56. The molecular formula is C31H39O4P. The van der Waals surface area contributed by atoms with Crippen LogP contribution in [-0.2, 0) is 11.8 Å². The highest BCUT2D eigenvalue weighted by molar-refractivity contribution is 7.31. The Morgan fingerprint density at radius 2 is 1.50 bits per heavy atom. The van der Waals surface area contributed by atoms with Crippen molar-refractivity contribution in [2.45, 2.75) is 79.6 Å². The lowest BCUT2D eigenvalue weighted by molar-refractivity contribution is 0.357. The number of aromatic hydroxyl groups is 1. The van der Waals surface area contributed by atoms with Gasteiger partial charge in [-0.15, -0.1) is 0 Å². The lowest BCUT2D eigenvalue weighted by Crippen LogP contribution is -2.11. The van der Waals surface area contributed by atoms with Crippen LogP contribution < -0.4 is 4.52 Å². The summed E-state index contributed by atoms with van der Waals surface area (Å²) >= 11 is 0. The maximum absolute atomic E-state index is 9.99. The average molecular weight is 507 g/mol. The molecule has 0 saturated heterocycles. The topological polar surface area (TPSA) is 55.7 Å². The first-order chi connectivity index (χ1) is 17.0. The summed E-state index contributed by atoms with van der Waals surface area (Å²) < 4.78 is 19.0. The molecular weight excluding hydrogens is 467 g/mol. The zero-order valence-electron chi connectivity index (χ0n) is 22.7. The van der Waals surface area contributed by atoms with Crippen LogP contribution >= 0.6 is 8.24 Å². The lowest BCUT2D eigenvalue weighted by Gasteiger charge is -2.20. The fourth-order valence-corrected chi connectivity index (χ4v) is 5.81. The van der Waals surface area contributed by atoms with Crippen molar-refractivity contribution in [3.05, 3.63) is 75.8 Å². The maximum Gasteiger partial charge on any atom is 0.387 e. The molecule has 4 aromatic rings. The van der Waals surface area contributed by atoms with Crippen LogP contribution in [0.15, 0.2) is 50.9 Å². The van der Waals surface area contributed by atoms with Crippen molar-refractivity contribution < 1.29 is 18.0 Å². The third-order valence-corrected chi connectivity index (χ3v) is 7.73. The van der Waals surface area contributed by atoms with E-state index in [1.54, 1.807) is 0 Å². The number of aryl methyl sites for hydroxylation is 5. The van der Waals surface area contributed by atoms with E-state index in [-0.39, 0.29) is 5.41 Å². The monoisotopic (exact) mass is 506 g/mol. The third kappa shape index (κ3) is 5.99. The quantitative estimate of drug-likeness (QED) is 0.254. The number of rotatable bonds is 7. The number of hydrogen-bond donors (Lipinski definition) is 1. The number of hydrogen-bond acceptors (Lipinski definition) is 4. The van der Waals surface area contributed by atoms with Crippen molar-refractivity contribution >= 4 is 30.2 Å². The van der Waals surface area contributed by atoms with Gasteiger partial charge in [0.15, 0.2) is 0 Å². The molecule has 36 heavy (non-hydrogen) atoms. The molecule has 192 valence electrons. The number of benzene rings is 3. The molecule has 1 unspecified atom stereocenters. The van der Waals surface area contributed by atoms with E-state index >= 15 is 0 Å². The molecule has 1 heterocycles. The summed E-state index contributed by atoms with van der Waals surface area (Å²) in [6.45, 7) is 15.4. The zero-order chi connectivity index (χ0) is 26.0. The van der Waals surface area contributed by atoms with E-state index in [1.807, 2.05) is 19.9 Å². The summed E-state index contributed by atoms with van der Waals surface area (Å²) in [5.41, 5.74) is 8.35. The summed E-state index contributed by atoms with van der Waals surface area (Å²) in [6.07, 6.45) is 4.07. The van der Waals surface area contributed by atoms with Gasteiger partial charge in [0.1, 0.15) is 16.9 Å². The van der Waals surface area contributed by atoms with Crippen molar-refractivity contribution in [1.82, 2.24) is 0 Å². The minimum atomic E-state index is -1.56. The molecule has 0 bridgehead atoms. The molecule has 5 heteroatoms. The molecule has 0 saturated carbocycles. The smallest absolute Gasteiger partial charge is 0.387 e. The molecule has 1 N–H and O–H groups in total. The van der Waals surface area contributed by atoms with Gasteiger partial charge in [-0.2, -0.15) is 0 Å². The molecule has 0 amide bonds. The van der Waals surface area contributed by atoms with E-state index < -0.39 is 8.24 Å². The van der Waals surface area contributed by atoms with Crippen molar-refractivity contribution in [3.63, 3.8) is 0 Å². The molecule has 0 aliphatic carbocycles. The highest BCUT2D eigenvalue weighted by atomic mass is 31.1. The van der Waals surface area contributed by atoms with E-state index in [1.165, 1.54) is 22.3 Å². The van der Waals surface area contributed by atoms with Gasteiger partial charge in [-0.25, -0.2) is 0 Å². The molecule has 0 aliphatic rings. The standard InChI is InChI=1S/C31H39O4P/c1-20-12-13-28-25(15-20)26-16-21(2)17-27(31(5,6)7)30(26)35-36(34-28)33-14-10-8-9-11-24-18-22(3)29(32)23(4)19-24/h12-13,15-19,32H,8-11,14H2,1-7H3. The van der Waals surface area contributed by atoms with E-state index in [0.717, 1.165) is 58.7 Å². The Balaban J connectivity index is 1.55. The molecule has 0 radical (unpaired) electrons. The fraction of sp³-hybridized carbons (Fsp3) is 0.419. The lowest BCUT2D eigenvalue weighted by atomic mass is 9.84. The summed E-state index contributed by atoms with van der Waals surface area (Å²) in [5, 5.41) is 12.1. The predicted molar refractivity (Wildman–Crippen MR) is 151 cm³/mol. The molecule has 1 atom stereocenters. The number of unbranched alkanes of at least 4 members (excludes halogenated alkanes) is 2. The van der Waals surface area contributed by atoms with Crippen LogP contribution in [0.4, 0.5) is 0 Å². The second-order valence-corrected chi connectivity index (χ2v) is 12.1. The normalized spacial score (nSPS) is 12.5. The van der Waals surface area contributed by atoms with E-state index in [4.69, 9.17) is 12.9 Å². The fourth-order valence-electron chi connectivity index (χ4n) is 4.73. The van der Waals surface area contributed by atoms with Crippen LogP contribution in [0.1, 0.15) is 73.4 Å². The van der Waals surface area contributed by atoms with Crippen molar-refractivity contribution in [2.24, 2.45) is 0 Å². The highest BCUT2D eigenvalue weighted by Crippen LogP contribution is 2.39. The van der Waals surface area contributed by atoms with Crippen molar-refractivity contribution in [2.75, 3.05) is 6.61 Å². The van der Waals surface area contributed by atoms with Crippen LogP contribution in [0.2, 0.25) is 0 Å².